The van der Waals surface area contributed by atoms with Gasteiger partial charge in [-0.25, -0.2) is 0 Å². The van der Waals surface area contributed by atoms with Gasteiger partial charge in [0.05, 0.1) is 5.69 Å². The van der Waals surface area contributed by atoms with E-state index in [-0.39, 0.29) is 5.91 Å². The van der Waals surface area contributed by atoms with Gasteiger partial charge >= 0.3 is 8.03 Å². The maximum Gasteiger partial charge on any atom is 0.548 e. The molecule has 0 spiro atoms. The molecule has 4 rings (SSSR count). The van der Waals surface area contributed by atoms with Crippen molar-refractivity contribution in [2.75, 3.05) is 5.32 Å². The summed E-state index contributed by atoms with van der Waals surface area (Å²) >= 11 is 0. The lowest BCUT2D eigenvalue weighted by molar-refractivity contribution is -0.123. The molecule has 2 fully saturated rings. The summed E-state index contributed by atoms with van der Waals surface area (Å²) in [5.74, 6) is 1.93. The minimum absolute atomic E-state index is 0.120. The number of aryl methyl sites for hydroxylation is 1. The lowest BCUT2D eigenvalue weighted by Gasteiger charge is -2.49. The Morgan fingerprint density at radius 3 is 2.64 bits per heavy atom. The van der Waals surface area contributed by atoms with E-state index in [1.165, 1.54) is 49.7 Å². The third kappa shape index (κ3) is 3.33. The van der Waals surface area contributed by atoms with E-state index in [9.17, 15) is 14.3 Å². The number of carbonyl (C=O) groups excluding carboxylic acids is 1. The van der Waals surface area contributed by atoms with Crippen molar-refractivity contribution in [3.05, 3.63) is 23.3 Å². The second-order valence-electron chi connectivity index (χ2n) is 10.5. The summed E-state index contributed by atoms with van der Waals surface area (Å²) in [6.07, 6.45) is 8.71. The SMILES string of the molecule is CC(C)(C)C(=O)Nc1cc2c(cc1[P+](=O)O)CCC1C2CC[C@]2(C)CCCC12. The van der Waals surface area contributed by atoms with Gasteiger partial charge in [0, 0.05) is 11.5 Å². The number of carbonyl (C=O) groups is 1. The number of hydrogen-bond acceptors (Lipinski definition) is 2. The van der Waals surface area contributed by atoms with Crippen LogP contribution in [0, 0.1) is 22.7 Å². The maximum absolute atomic E-state index is 12.6. The first-order valence-electron chi connectivity index (χ1n) is 10.7. The van der Waals surface area contributed by atoms with Crippen LogP contribution in [0.25, 0.3) is 0 Å². The van der Waals surface area contributed by atoms with E-state index in [2.05, 4.69) is 12.2 Å². The van der Waals surface area contributed by atoms with Crippen LogP contribution in [0.1, 0.15) is 83.3 Å². The van der Waals surface area contributed by atoms with Gasteiger partial charge < -0.3 is 5.32 Å². The van der Waals surface area contributed by atoms with Crippen LogP contribution in [0.5, 0.6) is 0 Å². The Kier molecular flexibility index (Phi) is 4.95. The van der Waals surface area contributed by atoms with E-state index < -0.39 is 13.4 Å². The maximum atomic E-state index is 12.6. The van der Waals surface area contributed by atoms with Crippen molar-refractivity contribution in [2.24, 2.45) is 22.7 Å². The average Bonchev–Trinajstić information content (AvgIpc) is 3.01. The number of fused-ring (bicyclic) bond motifs is 5. The highest BCUT2D eigenvalue weighted by Crippen LogP contribution is 2.61. The van der Waals surface area contributed by atoms with E-state index in [1.807, 2.05) is 32.9 Å². The minimum atomic E-state index is -2.50. The third-order valence-corrected chi connectivity index (χ3v) is 8.54. The summed E-state index contributed by atoms with van der Waals surface area (Å²) in [7, 11) is -2.50. The molecular weight excluding hydrogens is 369 g/mol. The number of nitrogens with one attached hydrogen (secondary N) is 1. The molecule has 2 saturated carbocycles. The number of amides is 1. The highest BCUT2D eigenvalue weighted by Gasteiger charge is 2.50. The van der Waals surface area contributed by atoms with Crippen molar-refractivity contribution in [2.45, 2.75) is 78.6 Å². The van der Waals surface area contributed by atoms with Crippen molar-refractivity contribution in [3.8, 4) is 0 Å². The van der Waals surface area contributed by atoms with Gasteiger partial charge in [0.15, 0.2) is 0 Å². The topological polar surface area (TPSA) is 66.4 Å². The predicted octanol–water partition coefficient (Wildman–Crippen LogP) is 5.28. The Labute approximate surface area is 169 Å². The summed E-state index contributed by atoms with van der Waals surface area (Å²) in [6.45, 7) is 8.07. The third-order valence-electron chi connectivity index (χ3n) is 7.76. The lowest BCUT2D eigenvalue weighted by atomic mass is 9.56. The first-order valence-corrected chi connectivity index (χ1v) is 12.0. The average molecular weight is 402 g/mol. The Bertz CT molecular complexity index is 828. The summed E-state index contributed by atoms with van der Waals surface area (Å²) in [5, 5.41) is 3.32. The number of rotatable bonds is 2. The molecule has 1 aromatic carbocycles. The van der Waals surface area contributed by atoms with Crippen molar-refractivity contribution in [1.29, 1.82) is 0 Å². The second kappa shape index (κ2) is 6.92. The van der Waals surface area contributed by atoms with Crippen LogP contribution in [0.2, 0.25) is 0 Å². The van der Waals surface area contributed by atoms with Crippen LogP contribution < -0.4 is 10.6 Å². The second-order valence-corrected chi connectivity index (χ2v) is 11.6. The molecule has 0 saturated heterocycles. The molecule has 152 valence electrons. The number of hydrogen-bond donors (Lipinski definition) is 2. The van der Waals surface area contributed by atoms with Gasteiger partial charge in [-0.15, -0.1) is 0 Å². The van der Waals surface area contributed by atoms with Crippen LogP contribution in [-0.4, -0.2) is 10.8 Å². The predicted molar refractivity (Wildman–Crippen MR) is 113 cm³/mol. The van der Waals surface area contributed by atoms with Gasteiger partial charge in [-0.3, -0.25) is 4.79 Å². The largest absolute Gasteiger partial charge is 0.548 e. The summed E-state index contributed by atoms with van der Waals surface area (Å²) < 4.78 is 12.0. The molecule has 5 atom stereocenters. The molecule has 0 bridgehead atoms. The zero-order valence-corrected chi connectivity index (χ0v) is 18.4. The van der Waals surface area contributed by atoms with Crippen LogP contribution in [0.3, 0.4) is 0 Å². The summed E-state index contributed by atoms with van der Waals surface area (Å²) in [5.41, 5.74) is 3.02. The molecule has 0 aliphatic heterocycles. The van der Waals surface area contributed by atoms with E-state index in [0.29, 0.717) is 28.2 Å². The highest BCUT2D eigenvalue weighted by molar-refractivity contribution is 7.47. The van der Waals surface area contributed by atoms with Gasteiger partial charge in [0.1, 0.15) is 0 Å². The van der Waals surface area contributed by atoms with Crippen molar-refractivity contribution in [3.63, 3.8) is 0 Å². The van der Waals surface area contributed by atoms with Gasteiger partial charge in [-0.05, 0) is 83.5 Å². The molecule has 4 unspecified atom stereocenters. The molecule has 0 aromatic heterocycles. The quantitative estimate of drug-likeness (QED) is 0.662. The van der Waals surface area contributed by atoms with E-state index in [1.54, 1.807) is 0 Å². The zero-order chi connectivity index (χ0) is 20.3. The van der Waals surface area contributed by atoms with Crippen molar-refractivity contribution < 1.29 is 14.3 Å². The first kappa shape index (κ1) is 20.0. The fourth-order valence-electron chi connectivity index (χ4n) is 6.17. The molecule has 28 heavy (non-hydrogen) atoms. The monoisotopic (exact) mass is 402 g/mol. The molecule has 3 aliphatic rings. The molecule has 3 aliphatic carbocycles. The molecule has 0 radical (unpaired) electrons. The number of benzene rings is 1. The van der Waals surface area contributed by atoms with Crippen LogP contribution >= 0.6 is 8.03 Å². The van der Waals surface area contributed by atoms with Crippen LogP contribution in [0.4, 0.5) is 5.69 Å². The van der Waals surface area contributed by atoms with Gasteiger partial charge in [0.25, 0.3) is 0 Å². The Hall–Kier alpha value is -1.25. The molecule has 4 nitrogen and oxygen atoms in total. The van der Waals surface area contributed by atoms with Crippen molar-refractivity contribution >= 4 is 24.9 Å². The Morgan fingerprint density at radius 2 is 1.96 bits per heavy atom. The fraction of sp³-hybridized carbons (Fsp3) is 0.696. The fourth-order valence-corrected chi connectivity index (χ4v) is 6.76. The van der Waals surface area contributed by atoms with Gasteiger partial charge in [-0.2, -0.15) is 4.89 Å². The molecule has 5 heteroatoms. The highest BCUT2D eigenvalue weighted by atomic mass is 31.1. The normalized spacial score (nSPS) is 32.2. The van der Waals surface area contributed by atoms with Gasteiger partial charge in [-0.1, -0.05) is 34.1 Å². The minimum Gasteiger partial charge on any atom is -0.322 e. The Morgan fingerprint density at radius 1 is 1.21 bits per heavy atom. The molecule has 1 aromatic rings. The number of anilines is 1. The Balaban J connectivity index is 1.72. The summed E-state index contributed by atoms with van der Waals surface area (Å²) in [6, 6.07) is 3.93. The zero-order valence-electron chi connectivity index (χ0n) is 17.5. The molecule has 0 heterocycles. The lowest BCUT2D eigenvalue weighted by Crippen LogP contribution is -2.40. The van der Waals surface area contributed by atoms with Gasteiger partial charge in [0.2, 0.25) is 11.2 Å². The molecule has 1 amide bonds. The smallest absolute Gasteiger partial charge is 0.322 e. The van der Waals surface area contributed by atoms with Crippen LogP contribution in [-0.2, 0) is 15.8 Å². The van der Waals surface area contributed by atoms with Crippen LogP contribution in [0.15, 0.2) is 12.1 Å². The van der Waals surface area contributed by atoms with E-state index in [0.717, 1.165) is 12.3 Å². The first-order chi connectivity index (χ1) is 13.1. The molecular formula is C23H33NO3P+. The van der Waals surface area contributed by atoms with E-state index in [4.69, 9.17) is 0 Å². The summed E-state index contributed by atoms with van der Waals surface area (Å²) in [4.78, 5) is 22.4. The van der Waals surface area contributed by atoms with E-state index >= 15 is 0 Å². The molecule has 2 N–H and O–H groups in total. The standard InChI is InChI=1S/C23H32NO3P/c1-22(2,3)21(25)24-19-13-17-14(12-20(19)28(26)27)7-8-16-15(17)9-11-23(4)10-5-6-18(16)23/h12-13,15-16,18H,5-11H2,1-4H3,(H-,24,25,26,27)/p+1/t15?,16?,18?,23-/m0/s1. The van der Waals surface area contributed by atoms with Crippen molar-refractivity contribution in [1.82, 2.24) is 0 Å².